The van der Waals surface area contributed by atoms with Gasteiger partial charge in [0.2, 0.25) is 0 Å². The maximum atomic E-state index is 6.11. The molecule has 0 unspecified atom stereocenters. The van der Waals surface area contributed by atoms with Gasteiger partial charge in [0, 0.05) is 31.7 Å². The summed E-state index contributed by atoms with van der Waals surface area (Å²) in [5.74, 6) is 2.41. The van der Waals surface area contributed by atoms with Crippen molar-refractivity contribution >= 4 is 16.8 Å². The minimum Gasteiger partial charge on any atom is -0.479 e. The van der Waals surface area contributed by atoms with Gasteiger partial charge in [0.25, 0.3) is 0 Å². The first-order valence-electron chi connectivity index (χ1n) is 16.3. The first kappa shape index (κ1) is 30.3. The van der Waals surface area contributed by atoms with Gasteiger partial charge < -0.3 is 15.0 Å². The fourth-order valence-corrected chi connectivity index (χ4v) is 7.16. The van der Waals surface area contributed by atoms with Gasteiger partial charge in [-0.15, -0.1) is 0 Å². The van der Waals surface area contributed by atoms with E-state index in [1.807, 2.05) is 4.52 Å². The normalized spacial score (nSPS) is 18.6. The van der Waals surface area contributed by atoms with Gasteiger partial charge >= 0.3 is 0 Å². The molecule has 2 saturated heterocycles. The van der Waals surface area contributed by atoms with Crippen molar-refractivity contribution in [1.82, 2.24) is 24.8 Å². The second-order valence-corrected chi connectivity index (χ2v) is 12.7. The second-order valence-electron chi connectivity index (χ2n) is 12.7. The van der Waals surface area contributed by atoms with Gasteiger partial charge in [-0.3, -0.25) is 0 Å². The molecule has 1 aromatic carbocycles. The van der Waals surface area contributed by atoms with E-state index in [1.54, 1.807) is 6.33 Å². The van der Waals surface area contributed by atoms with E-state index in [1.165, 1.54) is 50.9 Å². The number of ether oxygens (including phenoxy) is 1. The van der Waals surface area contributed by atoms with E-state index in [4.69, 9.17) is 4.74 Å². The van der Waals surface area contributed by atoms with Crippen LogP contribution in [0.25, 0.3) is 16.8 Å². The molecule has 42 heavy (non-hydrogen) atoms. The average molecular weight is 570 g/mol. The Labute approximate surface area is 253 Å². The first-order chi connectivity index (χ1) is 20.3. The van der Waals surface area contributed by atoms with Crippen molar-refractivity contribution in [3.05, 3.63) is 76.6 Å². The molecule has 0 amide bonds. The topological polar surface area (TPSA) is 54.7 Å². The van der Waals surface area contributed by atoms with Crippen LogP contribution in [0.3, 0.4) is 0 Å². The van der Waals surface area contributed by atoms with Crippen molar-refractivity contribution < 1.29 is 4.74 Å². The van der Waals surface area contributed by atoms with Crippen LogP contribution in [0.4, 0.5) is 0 Å². The number of aromatic nitrogens is 3. The summed E-state index contributed by atoms with van der Waals surface area (Å²) in [4.78, 5) is 6.90. The molecule has 6 heteroatoms. The molecule has 2 fully saturated rings. The van der Waals surface area contributed by atoms with Gasteiger partial charge in [-0.2, -0.15) is 5.10 Å². The van der Waals surface area contributed by atoms with Gasteiger partial charge in [0.1, 0.15) is 6.33 Å². The maximum Gasteiger partial charge on any atom is 0.181 e. The van der Waals surface area contributed by atoms with Crippen molar-refractivity contribution in [2.75, 3.05) is 32.8 Å². The zero-order valence-electron chi connectivity index (χ0n) is 26.8. The molecule has 0 aliphatic carbocycles. The SMILES string of the molecule is C=C(OC[C@@H]1CCNC1)N1CCC(c2ccc(C)c(/C(=C(\CCC)c3cn4ncnc4c(C)c3CC)C(C)C)c2)CC1. The fraction of sp³-hybridized carbons (Fsp3) is 0.556. The number of nitrogens with zero attached hydrogens (tertiary/aromatic N) is 4. The van der Waals surface area contributed by atoms with Gasteiger partial charge in [-0.1, -0.05) is 52.3 Å². The van der Waals surface area contributed by atoms with Gasteiger partial charge in [0.15, 0.2) is 11.5 Å². The lowest BCUT2D eigenvalue weighted by Gasteiger charge is -2.35. The molecule has 1 N–H and O–H groups in total. The summed E-state index contributed by atoms with van der Waals surface area (Å²) < 4.78 is 8.08. The molecule has 226 valence electrons. The molecule has 2 aromatic heterocycles. The number of piperidine rings is 1. The van der Waals surface area contributed by atoms with Crippen LogP contribution in [0.2, 0.25) is 0 Å². The number of allylic oxidation sites excluding steroid dienone is 2. The Morgan fingerprint density at radius 3 is 2.57 bits per heavy atom. The lowest BCUT2D eigenvalue weighted by molar-refractivity contribution is 0.0794. The van der Waals surface area contributed by atoms with E-state index in [0.29, 0.717) is 17.8 Å². The summed E-state index contributed by atoms with van der Waals surface area (Å²) in [6.07, 6.45) is 10.5. The van der Waals surface area contributed by atoms with E-state index in [2.05, 4.69) is 92.8 Å². The van der Waals surface area contributed by atoms with Crippen molar-refractivity contribution in [3.63, 3.8) is 0 Å². The molecule has 6 nitrogen and oxygen atoms in total. The zero-order valence-corrected chi connectivity index (χ0v) is 26.8. The van der Waals surface area contributed by atoms with Crippen LogP contribution in [-0.4, -0.2) is 52.3 Å². The van der Waals surface area contributed by atoms with Gasteiger partial charge in [0.05, 0.1) is 6.61 Å². The highest BCUT2D eigenvalue weighted by atomic mass is 16.5. The monoisotopic (exact) mass is 569 g/mol. The predicted molar refractivity (Wildman–Crippen MR) is 174 cm³/mol. The molecule has 5 rings (SSSR count). The second kappa shape index (κ2) is 13.5. The van der Waals surface area contributed by atoms with E-state index in [0.717, 1.165) is 76.4 Å². The molecule has 4 heterocycles. The molecule has 0 bridgehead atoms. The number of rotatable bonds is 11. The molecule has 1 atom stereocenters. The molecule has 0 saturated carbocycles. The van der Waals surface area contributed by atoms with E-state index in [-0.39, 0.29) is 0 Å². The van der Waals surface area contributed by atoms with Crippen molar-refractivity contribution in [3.8, 4) is 0 Å². The summed E-state index contributed by atoms with van der Waals surface area (Å²) >= 11 is 0. The summed E-state index contributed by atoms with van der Waals surface area (Å²) in [7, 11) is 0. The number of likely N-dealkylation sites (tertiary alicyclic amines) is 1. The van der Waals surface area contributed by atoms with Crippen molar-refractivity contribution in [2.24, 2.45) is 11.8 Å². The number of benzene rings is 1. The average Bonchev–Trinajstić information content (AvgIpc) is 3.69. The Kier molecular flexibility index (Phi) is 9.72. The first-order valence-corrected chi connectivity index (χ1v) is 16.3. The Morgan fingerprint density at radius 1 is 1.12 bits per heavy atom. The van der Waals surface area contributed by atoms with Crippen LogP contribution >= 0.6 is 0 Å². The Hall–Kier alpha value is -3.12. The standard InChI is InChI=1S/C36H51N5O/c1-8-10-32(34-21-41-36(38-23-39-41)26(6)31(34)9-2)35(24(3)4)33-19-30(12-11-25(33)5)29-14-17-40(18-15-29)27(7)42-22-28-13-16-37-20-28/h11-12,19,21,23-24,28-29,37H,7-10,13-18,20,22H2,1-6H3/b35-32+/t28-/m1/s1. The van der Waals surface area contributed by atoms with E-state index < -0.39 is 0 Å². The van der Waals surface area contributed by atoms with Crippen molar-refractivity contribution in [2.45, 2.75) is 86.0 Å². The van der Waals surface area contributed by atoms with Gasteiger partial charge in [-0.05, 0) is 115 Å². The molecule has 0 radical (unpaired) electrons. The molecular formula is C36H51N5O. The van der Waals surface area contributed by atoms with Crippen LogP contribution in [0.1, 0.15) is 99.1 Å². The number of nitrogens with one attached hydrogen (secondary N) is 1. The van der Waals surface area contributed by atoms with Crippen LogP contribution in [0, 0.1) is 25.7 Å². The van der Waals surface area contributed by atoms with Crippen LogP contribution in [0.15, 0.2) is 43.2 Å². The Balaban J connectivity index is 1.44. The molecule has 2 aliphatic rings. The lowest BCUT2D eigenvalue weighted by atomic mass is 9.80. The van der Waals surface area contributed by atoms with Crippen molar-refractivity contribution in [1.29, 1.82) is 0 Å². The zero-order chi connectivity index (χ0) is 29.8. The third-order valence-corrected chi connectivity index (χ3v) is 9.54. The summed E-state index contributed by atoms with van der Waals surface area (Å²) in [5, 5.41) is 7.97. The quantitative estimate of drug-likeness (QED) is 0.242. The Morgan fingerprint density at radius 2 is 1.90 bits per heavy atom. The summed E-state index contributed by atoms with van der Waals surface area (Å²) in [5.41, 5.74) is 12.1. The predicted octanol–water partition coefficient (Wildman–Crippen LogP) is 7.55. The number of hydrogen-bond acceptors (Lipinski definition) is 5. The lowest BCUT2D eigenvalue weighted by Crippen LogP contribution is -2.33. The number of pyridine rings is 1. The molecule has 2 aliphatic heterocycles. The third kappa shape index (κ3) is 6.29. The number of fused-ring (bicyclic) bond motifs is 1. The maximum absolute atomic E-state index is 6.11. The summed E-state index contributed by atoms with van der Waals surface area (Å²) in [6.45, 7) is 23.0. The number of aryl methyl sites for hydroxylation is 2. The van der Waals surface area contributed by atoms with Gasteiger partial charge in [-0.25, -0.2) is 9.50 Å². The highest BCUT2D eigenvalue weighted by molar-refractivity contribution is 5.93. The van der Waals surface area contributed by atoms with E-state index >= 15 is 0 Å². The molecule has 0 spiro atoms. The smallest absolute Gasteiger partial charge is 0.181 e. The highest BCUT2D eigenvalue weighted by Gasteiger charge is 2.26. The van der Waals surface area contributed by atoms with Crippen LogP contribution < -0.4 is 5.32 Å². The molecular weight excluding hydrogens is 518 g/mol. The third-order valence-electron chi connectivity index (χ3n) is 9.54. The van der Waals surface area contributed by atoms with Crippen LogP contribution in [0.5, 0.6) is 0 Å². The highest BCUT2D eigenvalue weighted by Crippen LogP contribution is 2.40. The summed E-state index contributed by atoms with van der Waals surface area (Å²) in [6, 6.07) is 7.25. The molecule has 3 aromatic rings. The minimum absolute atomic E-state index is 0.398. The Bertz CT molecular complexity index is 1420. The van der Waals surface area contributed by atoms with Crippen LogP contribution in [-0.2, 0) is 11.2 Å². The number of hydrogen-bond donors (Lipinski definition) is 1. The van der Waals surface area contributed by atoms with E-state index in [9.17, 15) is 0 Å². The largest absolute Gasteiger partial charge is 0.479 e. The minimum atomic E-state index is 0.398. The fourth-order valence-electron chi connectivity index (χ4n) is 7.16.